The molecule has 2 atom stereocenters. The predicted molar refractivity (Wildman–Crippen MR) is 70.0 cm³/mol. The Morgan fingerprint density at radius 2 is 2.19 bits per heavy atom. The van der Waals surface area contributed by atoms with Gasteiger partial charge in [-0.15, -0.1) is 0 Å². The summed E-state index contributed by atoms with van der Waals surface area (Å²) in [5.41, 5.74) is 4.66. The summed E-state index contributed by atoms with van der Waals surface area (Å²) in [6, 6.07) is 7.08. The molecule has 0 amide bonds. The SMILES string of the molecule is CCc1ccc2c(c1)C(CNC)C(C)CC2. The zero-order valence-corrected chi connectivity index (χ0v) is 10.7. The normalized spacial score (nSPS) is 24.2. The molecule has 1 N–H and O–H groups in total. The Morgan fingerprint density at radius 3 is 2.88 bits per heavy atom. The smallest absolute Gasteiger partial charge is 0.00198 e. The van der Waals surface area contributed by atoms with Gasteiger partial charge in [-0.1, -0.05) is 32.0 Å². The van der Waals surface area contributed by atoms with Gasteiger partial charge in [0.2, 0.25) is 0 Å². The second-order valence-electron chi connectivity index (χ2n) is 5.07. The van der Waals surface area contributed by atoms with Crippen molar-refractivity contribution in [2.45, 2.75) is 39.0 Å². The lowest BCUT2D eigenvalue weighted by molar-refractivity contribution is 0.392. The van der Waals surface area contributed by atoms with Gasteiger partial charge in [0.1, 0.15) is 0 Å². The molecule has 1 aliphatic carbocycles. The van der Waals surface area contributed by atoms with Crippen molar-refractivity contribution in [2.24, 2.45) is 5.92 Å². The fourth-order valence-corrected chi connectivity index (χ4v) is 2.86. The van der Waals surface area contributed by atoms with E-state index < -0.39 is 0 Å². The molecule has 0 heterocycles. The van der Waals surface area contributed by atoms with Crippen LogP contribution in [0, 0.1) is 5.92 Å². The molecule has 0 aliphatic heterocycles. The lowest BCUT2D eigenvalue weighted by Crippen LogP contribution is -2.27. The van der Waals surface area contributed by atoms with Crippen molar-refractivity contribution in [1.82, 2.24) is 5.32 Å². The van der Waals surface area contributed by atoms with Crippen LogP contribution in [0.25, 0.3) is 0 Å². The summed E-state index contributed by atoms with van der Waals surface area (Å²) in [6.07, 6.45) is 3.75. The summed E-state index contributed by atoms with van der Waals surface area (Å²) < 4.78 is 0. The van der Waals surface area contributed by atoms with Gasteiger partial charge in [-0.2, -0.15) is 0 Å². The molecule has 0 aromatic heterocycles. The van der Waals surface area contributed by atoms with Crippen molar-refractivity contribution < 1.29 is 0 Å². The van der Waals surface area contributed by atoms with Crippen molar-refractivity contribution in [1.29, 1.82) is 0 Å². The van der Waals surface area contributed by atoms with Crippen molar-refractivity contribution >= 4 is 0 Å². The third-order valence-corrected chi connectivity index (χ3v) is 4.00. The number of nitrogens with one attached hydrogen (secondary N) is 1. The highest BCUT2D eigenvalue weighted by molar-refractivity contribution is 5.37. The van der Waals surface area contributed by atoms with Crippen LogP contribution in [0.5, 0.6) is 0 Å². The third-order valence-electron chi connectivity index (χ3n) is 4.00. The fraction of sp³-hybridized carbons (Fsp3) is 0.600. The van der Waals surface area contributed by atoms with Crippen molar-refractivity contribution in [3.63, 3.8) is 0 Å². The molecule has 1 nitrogen and oxygen atoms in total. The van der Waals surface area contributed by atoms with E-state index in [1.807, 2.05) is 0 Å². The molecule has 2 rings (SSSR count). The number of benzene rings is 1. The summed E-state index contributed by atoms with van der Waals surface area (Å²) in [5, 5.41) is 3.35. The second-order valence-corrected chi connectivity index (χ2v) is 5.07. The molecule has 0 saturated heterocycles. The Balaban J connectivity index is 2.35. The average molecular weight is 217 g/mol. The van der Waals surface area contributed by atoms with Crippen LogP contribution in [0.4, 0.5) is 0 Å². The van der Waals surface area contributed by atoms with Crippen LogP contribution >= 0.6 is 0 Å². The van der Waals surface area contributed by atoms with Crippen LogP contribution in [0.1, 0.15) is 42.9 Å². The third kappa shape index (κ3) is 2.15. The molecule has 1 aromatic rings. The number of aryl methyl sites for hydroxylation is 2. The van der Waals surface area contributed by atoms with E-state index in [-0.39, 0.29) is 0 Å². The maximum absolute atomic E-state index is 3.35. The van der Waals surface area contributed by atoms with E-state index in [0.717, 1.165) is 18.9 Å². The highest BCUT2D eigenvalue weighted by atomic mass is 14.8. The summed E-state index contributed by atoms with van der Waals surface area (Å²) in [7, 11) is 2.06. The van der Waals surface area contributed by atoms with Crippen LogP contribution in [0.2, 0.25) is 0 Å². The zero-order chi connectivity index (χ0) is 11.5. The van der Waals surface area contributed by atoms with Crippen molar-refractivity contribution in [2.75, 3.05) is 13.6 Å². The van der Waals surface area contributed by atoms with E-state index in [2.05, 4.69) is 44.4 Å². The summed E-state index contributed by atoms with van der Waals surface area (Å²) >= 11 is 0. The quantitative estimate of drug-likeness (QED) is 0.820. The maximum atomic E-state index is 3.35. The summed E-state index contributed by atoms with van der Waals surface area (Å²) in [4.78, 5) is 0. The predicted octanol–water partition coefficient (Wildman–Crippen LogP) is 3.13. The lowest BCUT2D eigenvalue weighted by atomic mass is 9.75. The first-order chi connectivity index (χ1) is 7.76. The van der Waals surface area contributed by atoms with Gasteiger partial charge in [0.05, 0.1) is 0 Å². The lowest BCUT2D eigenvalue weighted by Gasteiger charge is -2.31. The highest BCUT2D eigenvalue weighted by Gasteiger charge is 2.25. The molecule has 0 radical (unpaired) electrons. The van der Waals surface area contributed by atoms with Crippen LogP contribution < -0.4 is 5.32 Å². The number of rotatable bonds is 3. The van der Waals surface area contributed by atoms with Crippen molar-refractivity contribution in [3.05, 3.63) is 34.9 Å². The average Bonchev–Trinajstić information content (AvgIpc) is 2.32. The van der Waals surface area contributed by atoms with Gasteiger partial charge in [0.25, 0.3) is 0 Å². The molecule has 16 heavy (non-hydrogen) atoms. The first-order valence-corrected chi connectivity index (χ1v) is 6.52. The largest absolute Gasteiger partial charge is 0.319 e. The maximum Gasteiger partial charge on any atom is 0.00198 e. The van der Waals surface area contributed by atoms with E-state index in [0.29, 0.717) is 5.92 Å². The van der Waals surface area contributed by atoms with Gasteiger partial charge in [0, 0.05) is 6.54 Å². The first kappa shape index (κ1) is 11.7. The second kappa shape index (κ2) is 5.01. The standard InChI is InChI=1S/C15H23N/c1-4-12-6-8-13-7-5-11(2)15(10-16-3)14(13)9-12/h6,8-9,11,15-16H,4-5,7,10H2,1-3H3. The molecule has 0 fully saturated rings. The van der Waals surface area contributed by atoms with Crippen LogP contribution in [-0.2, 0) is 12.8 Å². The molecule has 0 saturated carbocycles. The first-order valence-electron chi connectivity index (χ1n) is 6.52. The molecular weight excluding hydrogens is 194 g/mol. The Labute approximate surface area is 99.3 Å². The van der Waals surface area contributed by atoms with E-state index in [4.69, 9.17) is 0 Å². The van der Waals surface area contributed by atoms with E-state index in [1.165, 1.54) is 18.4 Å². The Hall–Kier alpha value is -0.820. The molecule has 2 unspecified atom stereocenters. The molecule has 0 bridgehead atoms. The highest BCUT2D eigenvalue weighted by Crippen LogP contribution is 2.36. The minimum Gasteiger partial charge on any atom is -0.319 e. The van der Waals surface area contributed by atoms with E-state index >= 15 is 0 Å². The molecule has 88 valence electrons. The monoisotopic (exact) mass is 217 g/mol. The topological polar surface area (TPSA) is 12.0 Å². The van der Waals surface area contributed by atoms with E-state index in [1.54, 1.807) is 11.1 Å². The number of likely N-dealkylation sites (N-methyl/N-ethyl adjacent to an activating group) is 1. The molecule has 1 heteroatoms. The molecule has 1 aromatic carbocycles. The van der Waals surface area contributed by atoms with Gasteiger partial charge in [-0.05, 0) is 54.8 Å². The minimum atomic E-state index is 0.709. The molecule has 1 aliphatic rings. The zero-order valence-electron chi connectivity index (χ0n) is 10.7. The minimum absolute atomic E-state index is 0.709. The van der Waals surface area contributed by atoms with Gasteiger partial charge in [0.15, 0.2) is 0 Å². The van der Waals surface area contributed by atoms with Crippen LogP contribution in [0.15, 0.2) is 18.2 Å². The van der Waals surface area contributed by atoms with Crippen LogP contribution in [0.3, 0.4) is 0 Å². The van der Waals surface area contributed by atoms with Gasteiger partial charge in [-0.3, -0.25) is 0 Å². The molecule has 0 spiro atoms. The summed E-state index contributed by atoms with van der Waals surface area (Å²) in [6.45, 7) is 5.74. The fourth-order valence-electron chi connectivity index (χ4n) is 2.86. The van der Waals surface area contributed by atoms with Gasteiger partial charge in [-0.25, -0.2) is 0 Å². The Kier molecular flexibility index (Phi) is 3.65. The molecular formula is C15H23N. The number of hydrogen-bond acceptors (Lipinski definition) is 1. The van der Waals surface area contributed by atoms with Gasteiger partial charge >= 0.3 is 0 Å². The Morgan fingerprint density at radius 1 is 1.38 bits per heavy atom. The Bertz CT molecular complexity index is 356. The number of fused-ring (bicyclic) bond motifs is 1. The van der Waals surface area contributed by atoms with E-state index in [9.17, 15) is 0 Å². The van der Waals surface area contributed by atoms with Gasteiger partial charge < -0.3 is 5.32 Å². The van der Waals surface area contributed by atoms with Crippen molar-refractivity contribution in [3.8, 4) is 0 Å². The number of hydrogen-bond donors (Lipinski definition) is 1. The summed E-state index contributed by atoms with van der Waals surface area (Å²) in [5.74, 6) is 1.52. The van der Waals surface area contributed by atoms with Crippen LogP contribution in [-0.4, -0.2) is 13.6 Å².